The summed E-state index contributed by atoms with van der Waals surface area (Å²) in [5, 5.41) is 17.4. The molecular weight excluding hydrogens is 261 g/mol. The van der Waals surface area contributed by atoms with Crippen molar-refractivity contribution in [1.29, 1.82) is 0 Å². The smallest absolute Gasteiger partial charge is 0.491 e. The van der Waals surface area contributed by atoms with Crippen LogP contribution in [-0.4, -0.2) is 24.3 Å². The lowest BCUT2D eigenvalue weighted by molar-refractivity contribution is 0.368. The number of methoxy groups -OCH3 is 1. The predicted molar refractivity (Wildman–Crippen MR) is 50.4 cm³/mol. The molecule has 1 aromatic rings. The Morgan fingerprint density at radius 1 is 1.36 bits per heavy atom. The largest absolute Gasteiger partial charge is 0.492 e. The van der Waals surface area contributed by atoms with Crippen molar-refractivity contribution in [3.63, 3.8) is 0 Å². The maximum absolute atomic E-state index is 13.1. The van der Waals surface area contributed by atoms with Crippen LogP contribution < -0.4 is 10.2 Å². The molecule has 76 valence electrons. The minimum absolute atomic E-state index is 0.113. The third kappa shape index (κ3) is 1.89. The molecule has 0 bridgehead atoms. The average Bonchev–Trinajstić information content (AvgIpc) is 2.12. The first kappa shape index (κ1) is 11.4. The van der Waals surface area contributed by atoms with Gasteiger partial charge in [-0.05, 0) is 22.0 Å². The molecule has 0 saturated heterocycles. The van der Waals surface area contributed by atoms with Crippen LogP contribution in [0.15, 0.2) is 10.5 Å². The van der Waals surface area contributed by atoms with Crippen LogP contribution in [0.25, 0.3) is 0 Å². The quantitative estimate of drug-likeness (QED) is 0.603. The normalized spacial score (nSPS) is 10.1. The Hall–Kier alpha value is -0.655. The Bertz CT molecular complexity index is 359. The summed E-state index contributed by atoms with van der Waals surface area (Å²) in [5.74, 6) is -2.91. The second-order valence-corrected chi connectivity index (χ2v) is 3.34. The predicted octanol–water partition coefficient (Wildman–Crippen LogP) is 0.416. The molecule has 0 radical (unpaired) electrons. The Labute approximate surface area is 87.6 Å². The maximum atomic E-state index is 13.1. The molecule has 3 nitrogen and oxygen atoms in total. The van der Waals surface area contributed by atoms with Gasteiger partial charge in [-0.1, -0.05) is 0 Å². The van der Waals surface area contributed by atoms with Gasteiger partial charge in [0.1, 0.15) is 0 Å². The van der Waals surface area contributed by atoms with Gasteiger partial charge in [-0.3, -0.25) is 0 Å². The van der Waals surface area contributed by atoms with Gasteiger partial charge in [-0.2, -0.15) is 4.39 Å². The number of benzene rings is 1. The van der Waals surface area contributed by atoms with E-state index in [9.17, 15) is 8.78 Å². The third-order valence-corrected chi connectivity index (χ3v) is 2.22. The van der Waals surface area contributed by atoms with Crippen molar-refractivity contribution in [2.75, 3.05) is 7.11 Å². The summed E-state index contributed by atoms with van der Waals surface area (Å²) in [6, 6.07) is 1.04. The fourth-order valence-electron chi connectivity index (χ4n) is 0.972. The van der Waals surface area contributed by atoms with E-state index in [-0.39, 0.29) is 10.2 Å². The summed E-state index contributed by atoms with van der Waals surface area (Å²) in [6.07, 6.45) is 0. The minimum Gasteiger partial charge on any atom is -0.492 e. The fourth-order valence-corrected chi connectivity index (χ4v) is 1.55. The highest BCUT2D eigenvalue weighted by Gasteiger charge is 2.24. The Balaban J connectivity index is 3.40. The number of ether oxygens (including phenoxy) is 1. The molecule has 0 aliphatic carbocycles. The standard InChI is InChI=1S/C7H6BBrF2O3/c1-14-7-4(9)2-3(8(12)13)5(10)6(7)11/h2,12-13H,1H3. The summed E-state index contributed by atoms with van der Waals surface area (Å²) < 4.78 is 30.9. The molecule has 0 atom stereocenters. The third-order valence-electron chi connectivity index (χ3n) is 1.63. The number of halogens is 3. The monoisotopic (exact) mass is 266 g/mol. The van der Waals surface area contributed by atoms with Crippen molar-refractivity contribution < 1.29 is 23.6 Å². The van der Waals surface area contributed by atoms with E-state index < -0.39 is 24.2 Å². The second kappa shape index (κ2) is 4.25. The number of hydrogen-bond donors (Lipinski definition) is 2. The van der Waals surface area contributed by atoms with Gasteiger partial charge in [0.05, 0.1) is 11.6 Å². The first-order chi connectivity index (χ1) is 6.49. The summed E-state index contributed by atoms with van der Waals surface area (Å²) in [5.41, 5.74) is -0.546. The number of hydrogen-bond acceptors (Lipinski definition) is 3. The molecule has 1 aromatic carbocycles. The highest BCUT2D eigenvalue weighted by Crippen LogP contribution is 2.28. The van der Waals surface area contributed by atoms with Crippen molar-refractivity contribution in [2.45, 2.75) is 0 Å². The molecule has 0 unspecified atom stereocenters. The van der Waals surface area contributed by atoms with E-state index in [0.717, 1.165) is 6.07 Å². The Morgan fingerprint density at radius 3 is 2.36 bits per heavy atom. The van der Waals surface area contributed by atoms with E-state index >= 15 is 0 Å². The lowest BCUT2D eigenvalue weighted by Gasteiger charge is -2.09. The highest BCUT2D eigenvalue weighted by molar-refractivity contribution is 9.10. The molecule has 0 aliphatic heterocycles. The van der Waals surface area contributed by atoms with Crippen molar-refractivity contribution in [3.8, 4) is 5.75 Å². The van der Waals surface area contributed by atoms with Gasteiger partial charge in [-0.15, -0.1) is 0 Å². The molecule has 2 N–H and O–H groups in total. The van der Waals surface area contributed by atoms with Gasteiger partial charge in [-0.25, -0.2) is 4.39 Å². The minimum atomic E-state index is -2.06. The van der Waals surface area contributed by atoms with E-state index in [1.807, 2.05) is 0 Å². The van der Waals surface area contributed by atoms with E-state index in [1.54, 1.807) is 0 Å². The van der Waals surface area contributed by atoms with Crippen molar-refractivity contribution in [3.05, 3.63) is 22.2 Å². The lowest BCUT2D eigenvalue weighted by atomic mass is 9.80. The van der Waals surface area contributed by atoms with Crippen molar-refractivity contribution in [2.24, 2.45) is 0 Å². The first-order valence-electron chi connectivity index (χ1n) is 3.56. The van der Waals surface area contributed by atoms with Crippen molar-refractivity contribution in [1.82, 2.24) is 0 Å². The van der Waals surface area contributed by atoms with Gasteiger partial charge in [0, 0.05) is 5.46 Å². The zero-order valence-corrected chi connectivity index (χ0v) is 8.68. The topological polar surface area (TPSA) is 49.7 Å². The zero-order chi connectivity index (χ0) is 10.9. The van der Waals surface area contributed by atoms with Gasteiger partial charge >= 0.3 is 7.12 Å². The molecule has 0 aromatic heterocycles. The van der Waals surface area contributed by atoms with E-state index in [1.165, 1.54) is 7.11 Å². The molecule has 0 heterocycles. The van der Waals surface area contributed by atoms with Crippen LogP contribution >= 0.6 is 15.9 Å². The molecule has 1 rings (SSSR count). The summed E-state index contributed by atoms with van der Waals surface area (Å²) in [4.78, 5) is 0. The van der Waals surface area contributed by atoms with Gasteiger partial charge in [0.15, 0.2) is 11.6 Å². The number of rotatable bonds is 2. The van der Waals surface area contributed by atoms with Crippen LogP contribution in [0.4, 0.5) is 8.78 Å². The zero-order valence-electron chi connectivity index (χ0n) is 7.09. The highest BCUT2D eigenvalue weighted by atomic mass is 79.9. The molecule has 14 heavy (non-hydrogen) atoms. The lowest BCUT2D eigenvalue weighted by Crippen LogP contribution is -2.33. The Morgan fingerprint density at radius 2 is 1.93 bits per heavy atom. The molecule has 0 spiro atoms. The van der Waals surface area contributed by atoms with Gasteiger partial charge in [0.25, 0.3) is 0 Å². The van der Waals surface area contributed by atoms with Crippen LogP contribution in [-0.2, 0) is 0 Å². The van der Waals surface area contributed by atoms with Crippen LogP contribution in [0.1, 0.15) is 0 Å². The van der Waals surface area contributed by atoms with E-state index in [4.69, 9.17) is 10.0 Å². The van der Waals surface area contributed by atoms with Crippen LogP contribution in [0.3, 0.4) is 0 Å². The van der Waals surface area contributed by atoms with Crippen molar-refractivity contribution >= 4 is 28.5 Å². The average molecular weight is 267 g/mol. The summed E-state index contributed by atoms with van der Waals surface area (Å²) in [6.45, 7) is 0. The molecular formula is C7H6BBrF2O3. The van der Waals surface area contributed by atoms with Gasteiger partial charge < -0.3 is 14.8 Å². The molecule has 0 amide bonds. The maximum Gasteiger partial charge on any atom is 0.491 e. The Kier molecular flexibility index (Phi) is 3.46. The van der Waals surface area contributed by atoms with E-state index in [0.29, 0.717) is 0 Å². The molecule has 7 heteroatoms. The van der Waals surface area contributed by atoms with Crippen LogP contribution in [0, 0.1) is 11.6 Å². The fraction of sp³-hybridized carbons (Fsp3) is 0.143. The molecule has 0 aliphatic rings. The first-order valence-corrected chi connectivity index (χ1v) is 4.35. The summed E-state index contributed by atoms with van der Waals surface area (Å²) >= 11 is 2.91. The van der Waals surface area contributed by atoms with Gasteiger partial charge in [0.2, 0.25) is 5.82 Å². The second-order valence-electron chi connectivity index (χ2n) is 2.48. The van der Waals surface area contributed by atoms with Crippen LogP contribution in [0.2, 0.25) is 0 Å². The summed E-state index contributed by atoms with van der Waals surface area (Å²) in [7, 11) is -0.885. The van der Waals surface area contributed by atoms with Crippen LogP contribution in [0.5, 0.6) is 5.75 Å². The SMILES string of the molecule is COc1c(Br)cc(B(O)O)c(F)c1F. The van der Waals surface area contributed by atoms with E-state index in [2.05, 4.69) is 20.7 Å². The molecule has 0 fully saturated rings. The molecule has 0 saturated carbocycles.